The Balaban J connectivity index is 1.84. The molecule has 1 N–H and O–H groups in total. The lowest BCUT2D eigenvalue weighted by Gasteiger charge is -2.10. The number of alkyl halides is 3. The van der Waals surface area contributed by atoms with Crippen LogP contribution in [0.3, 0.4) is 0 Å². The first kappa shape index (κ1) is 23.6. The van der Waals surface area contributed by atoms with Crippen LogP contribution >= 0.6 is 0 Å². The van der Waals surface area contributed by atoms with E-state index in [1.165, 1.54) is 0 Å². The van der Waals surface area contributed by atoms with Crippen molar-refractivity contribution in [1.82, 2.24) is 4.72 Å². The monoisotopic (exact) mass is 443 g/mol. The first-order valence-corrected chi connectivity index (χ1v) is 10.5. The van der Waals surface area contributed by atoms with Crippen LogP contribution in [-0.4, -0.2) is 33.3 Å². The molecule has 0 bridgehead atoms. The van der Waals surface area contributed by atoms with Crippen LogP contribution in [0.25, 0.3) is 0 Å². The molecule has 0 unspecified atom stereocenters. The maximum Gasteiger partial charge on any atom is 0.416 e. The second-order valence-corrected chi connectivity index (χ2v) is 8.07. The predicted molar refractivity (Wildman–Crippen MR) is 102 cm³/mol. The summed E-state index contributed by atoms with van der Waals surface area (Å²) in [6.45, 7) is 1.08. The average molecular weight is 443 g/mol. The van der Waals surface area contributed by atoms with E-state index in [9.17, 15) is 31.2 Å². The minimum atomic E-state index is -4.68. The quantitative estimate of drug-likeness (QED) is 0.474. The van der Waals surface area contributed by atoms with Crippen molar-refractivity contribution in [3.05, 3.63) is 65.2 Å². The van der Waals surface area contributed by atoms with Gasteiger partial charge in [-0.25, -0.2) is 13.1 Å². The van der Waals surface area contributed by atoms with Crippen LogP contribution in [0.2, 0.25) is 0 Å². The van der Waals surface area contributed by atoms with Crippen LogP contribution < -0.4 is 4.72 Å². The van der Waals surface area contributed by atoms with Gasteiger partial charge in [0.2, 0.25) is 10.0 Å². The number of esters is 1. The van der Waals surface area contributed by atoms with E-state index in [0.717, 1.165) is 30.2 Å². The Labute approximate surface area is 172 Å². The van der Waals surface area contributed by atoms with Gasteiger partial charge in [0.05, 0.1) is 16.9 Å². The van der Waals surface area contributed by atoms with Gasteiger partial charge in [-0.3, -0.25) is 9.59 Å². The largest absolute Gasteiger partial charge is 0.457 e. The number of rotatable bonds is 9. The molecule has 30 heavy (non-hydrogen) atoms. The summed E-state index contributed by atoms with van der Waals surface area (Å²) in [4.78, 5) is 23.2. The lowest BCUT2D eigenvalue weighted by molar-refractivity contribution is -0.142. The Bertz CT molecular complexity index is 1000. The Kier molecular flexibility index (Phi) is 7.74. The molecule has 0 heterocycles. The van der Waals surface area contributed by atoms with Crippen molar-refractivity contribution in [2.24, 2.45) is 0 Å². The van der Waals surface area contributed by atoms with Crippen molar-refractivity contribution in [3.8, 4) is 0 Å². The summed E-state index contributed by atoms with van der Waals surface area (Å²) in [5.41, 5.74) is 0.331. The Hall–Kier alpha value is -2.72. The molecular formula is C20H20F3NO5S. The van der Waals surface area contributed by atoms with Gasteiger partial charge in [0.1, 0.15) is 0 Å². The van der Waals surface area contributed by atoms with Crippen molar-refractivity contribution in [2.45, 2.75) is 30.8 Å². The fraction of sp³-hybridized carbons (Fsp3) is 0.300. The first-order chi connectivity index (χ1) is 14.0. The van der Waals surface area contributed by atoms with E-state index < -0.39 is 51.6 Å². The first-order valence-electron chi connectivity index (χ1n) is 8.97. The van der Waals surface area contributed by atoms with Gasteiger partial charge in [0.25, 0.3) is 0 Å². The SMILES string of the molecule is CCc1ccc(C(=O)COC(=O)CCNS(=O)(=O)c2cccc(C(F)(F)F)c2)cc1. The maximum atomic E-state index is 12.7. The van der Waals surface area contributed by atoms with E-state index in [-0.39, 0.29) is 6.42 Å². The highest BCUT2D eigenvalue weighted by Gasteiger charge is 2.31. The number of aryl methyl sites for hydroxylation is 1. The number of ketones is 1. The number of hydrogen-bond donors (Lipinski definition) is 1. The highest BCUT2D eigenvalue weighted by atomic mass is 32.2. The van der Waals surface area contributed by atoms with E-state index in [4.69, 9.17) is 4.74 Å². The summed E-state index contributed by atoms with van der Waals surface area (Å²) in [6, 6.07) is 10.1. The number of hydrogen-bond acceptors (Lipinski definition) is 5. The number of Topliss-reactive ketones (excluding diaryl/α,β-unsaturated/α-hetero) is 1. The predicted octanol–water partition coefficient (Wildman–Crippen LogP) is 3.36. The molecule has 0 radical (unpaired) electrons. The van der Waals surface area contributed by atoms with Crippen LogP contribution in [0.15, 0.2) is 53.4 Å². The van der Waals surface area contributed by atoms with Crippen LogP contribution in [0.4, 0.5) is 13.2 Å². The molecule has 2 aromatic rings. The topological polar surface area (TPSA) is 89.5 Å². The van der Waals surface area contributed by atoms with E-state index in [2.05, 4.69) is 0 Å². The zero-order chi connectivity index (χ0) is 22.4. The molecule has 0 aliphatic carbocycles. The fourth-order valence-corrected chi connectivity index (χ4v) is 3.52. The number of nitrogens with one attached hydrogen (secondary N) is 1. The average Bonchev–Trinajstić information content (AvgIpc) is 2.71. The second kappa shape index (κ2) is 9.86. The molecule has 0 aromatic heterocycles. The molecule has 0 spiro atoms. The molecule has 6 nitrogen and oxygen atoms in total. The molecule has 2 aromatic carbocycles. The second-order valence-electron chi connectivity index (χ2n) is 6.31. The van der Waals surface area contributed by atoms with Crippen molar-refractivity contribution in [3.63, 3.8) is 0 Å². The molecule has 10 heteroatoms. The van der Waals surface area contributed by atoms with Gasteiger partial charge in [-0.15, -0.1) is 0 Å². The summed E-state index contributed by atoms with van der Waals surface area (Å²) in [5, 5.41) is 0. The van der Waals surface area contributed by atoms with Crippen LogP contribution in [0.1, 0.15) is 34.8 Å². The summed E-state index contributed by atoms with van der Waals surface area (Å²) >= 11 is 0. The van der Waals surface area contributed by atoms with Crippen LogP contribution in [0.5, 0.6) is 0 Å². The fourth-order valence-electron chi connectivity index (χ4n) is 2.44. The molecule has 0 saturated carbocycles. The normalized spacial score (nSPS) is 11.9. The van der Waals surface area contributed by atoms with Gasteiger partial charge in [-0.1, -0.05) is 37.3 Å². The Morgan fingerprint density at radius 3 is 2.33 bits per heavy atom. The van der Waals surface area contributed by atoms with Crippen molar-refractivity contribution in [1.29, 1.82) is 0 Å². The number of carbonyl (C=O) groups excluding carboxylic acids is 2. The number of benzene rings is 2. The third-order valence-corrected chi connectivity index (χ3v) is 5.60. The third kappa shape index (κ3) is 6.67. The number of ether oxygens (including phenoxy) is 1. The molecule has 0 aliphatic rings. The van der Waals surface area contributed by atoms with E-state index >= 15 is 0 Å². The molecule has 0 amide bonds. The third-order valence-electron chi connectivity index (χ3n) is 4.14. The minimum absolute atomic E-state index is 0.380. The molecule has 0 atom stereocenters. The summed E-state index contributed by atoms with van der Waals surface area (Å²) < 4.78 is 69.2. The maximum absolute atomic E-state index is 12.7. The Morgan fingerprint density at radius 1 is 1.07 bits per heavy atom. The standard InChI is InChI=1S/C20H20F3NO5S/c1-2-14-6-8-15(9-7-14)18(25)13-29-19(26)10-11-24-30(27,28)17-5-3-4-16(12-17)20(21,22)23/h3-9,12,24H,2,10-11,13H2,1H3. The van der Waals surface area contributed by atoms with Gasteiger partial charge in [0.15, 0.2) is 12.4 Å². The van der Waals surface area contributed by atoms with Crippen molar-refractivity contribution < 1.29 is 35.9 Å². The smallest absolute Gasteiger partial charge is 0.416 e. The van der Waals surface area contributed by atoms with Crippen molar-refractivity contribution in [2.75, 3.05) is 13.2 Å². The van der Waals surface area contributed by atoms with Gasteiger partial charge in [-0.2, -0.15) is 13.2 Å². The molecule has 2 rings (SSSR count). The number of sulfonamides is 1. The van der Waals surface area contributed by atoms with Crippen molar-refractivity contribution >= 4 is 21.8 Å². The van der Waals surface area contributed by atoms with E-state index in [0.29, 0.717) is 11.6 Å². The molecule has 0 aliphatic heterocycles. The highest BCUT2D eigenvalue weighted by molar-refractivity contribution is 7.89. The molecule has 0 saturated heterocycles. The molecule has 0 fully saturated rings. The van der Waals surface area contributed by atoms with Gasteiger partial charge in [-0.05, 0) is 30.2 Å². The van der Waals surface area contributed by atoms with Gasteiger partial charge < -0.3 is 4.74 Å². The number of halogens is 3. The van der Waals surface area contributed by atoms with E-state index in [1.807, 2.05) is 11.6 Å². The zero-order valence-electron chi connectivity index (χ0n) is 16.0. The zero-order valence-corrected chi connectivity index (χ0v) is 16.8. The highest BCUT2D eigenvalue weighted by Crippen LogP contribution is 2.30. The van der Waals surface area contributed by atoms with E-state index in [1.54, 1.807) is 24.3 Å². The molecule has 162 valence electrons. The van der Waals surface area contributed by atoms with Crippen LogP contribution in [-0.2, 0) is 32.2 Å². The van der Waals surface area contributed by atoms with Crippen LogP contribution in [0, 0.1) is 0 Å². The molecular weight excluding hydrogens is 423 g/mol. The lowest BCUT2D eigenvalue weighted by atomic mass is 10.1. The van der Waals surface area contributed by atoms with Gasteiger partial charge in [0, 0.05) is 12.1 Å². The Morgan fingerprint density at radius 2 is 1.73 bits per heavy atom. The minimum Gasteiger partial charge on any atom is -0.457 e. The van der Waals surface area contributed by atoms with Gasteiger partial charge >= 0.3 is 12.1 Å². The summed E-state index contributed by atoms with van der Waals surface area (Å²) in [5.74, 6) is -1.23. The lowest BCUT2D eigenvalue weighted by Crippen LogP contribution is -2.27. The summed E-state index contributed by atoms with van der Waals surface area (Å²) in [6.07, 6.45) is -4.25. The summed E-state index contributed by atoms with van der Waals surface area (Å²) in [7, 11) is -4.24. The number of carbonyl (C=O) groups is 2.